The monoisotopic (exact) mass is 364 g/mol. The minimum atomic E-state index is -4.16. The van der Waals surface area contributed by atoms with E-state index in [0.717, 1.165) is 38.5 Å². The van der Waals surface area contributed by atoms with Crippen molar-refractivity contribution in [3.8, 4) is 0 Å². The van der Waals surface area contributed by atoms with Crippen LogP contribution in [0, 0.1) is 0 Å². The SMILES string of the molecule is CCCCCCCCCCCCC(C(O)CCCCC)S(=O)(=O)O. The normalized spacial score (nSPS) is 14.7. The largest absolute Gasteiger partial charge is 0.392 e. The number of hydrogen-bond donors (Lipinski definition) is 2. The van der Waals surface area contributed by atoms with Gasteiger partial charge in [0.25, 0.3) is 10.1 Å². The Hall–Kier alpha value is -0.130. The van der Waals surface area contributed by atoms with E-state index in [-0.39, 0.29) is 0 Å². The zero-order chi connectivity index (χ0) is 18.3. The second-order valence-corrected chi connectivity index (χ2v) is 8.72. The van der Waals surface area contributed by atoms with E-state index in [1.165, 1.54) is 44.9 Å². The molecule has 2 atom stereocenters. The molecule has 4 nitrogen and oxygen atoms in total. The lowest BCUT2D eigenvalue weighted by atomic mass is 10.0. The third-order valence-electron chi connectivity index (χ3n) is 4.76. The minimum Gasteiger partial charge on any atom is -0.392 e. The highest BCUT2D eigenvalue weighted by Gasteiger charge is 2.29. The van der Waals surface area contributed by atoms with Gasteiger partial charge in [-0.1, -0.05) is 97.3 Å². The van der Waals surface area contributed by atoms with Crippen LogP contribution in [0.5, 0.6) is 0 Å². The molecular formula is C19H40O4S. The number of rotatable bonds is 17. The Labute approximate surface area is 150 Å². The van der Waals surface area contributed by atoms with Gasteiger partial charge < -0.3 is 5.11 Å². The van der Waals surface area contributed by atoms with E-state index in [4.69, 9.17) is 0 Å². The second kappa shape index (κ2) is 15.2. The number of hydrogen-bond acceptors (Lipinski definition) is 3. The van der Waals surface area contributed by atoms with Crippen LogP contribution in [0.15, 0.2) is 0 Å². The van der Waals surface area contributed by atoms with Gasteiger partial charge in [-0.3, -0.25) is 4.55 Å². The van der Waals surface area contributed by atoms with Crippen LogP contribution >= 0.6 is 0 Å². The molecule has 0 bridgehead atoms. The predicted molar refractivity (Wildman–Crippen MR) is 102 cm³/mol. The lowest BCUT2D eigenvalue weighted by Gasteiger charge is -2.20. The maximum Gasteiger partial charge on any atom is 0.270 e. The Kier molecular flexibility index (Phi) is 15.1. The van der Waals surface area contributed by atoms with Gasteiger partial charge in [0.1, 0.15) is 5.25 Å². The summed E-state index contributed by atoms with van der Waals surface area (Å²) in [7, 11) is -4.16. The molecule has 0 amide bonds. The molecule has 0 aliphatic carbocycles. The Balaban J connectivity index is 3.84. The Morgan fingerprint density at radius 1 is 0.667 bits per heavy atom. The molecule has 0 heterocycles. The molecule has 0 saturated carbocycles. The van der Waals surface area contributed by atoms with Crippen LogP contribution in [-0.4, -0.2) is 29.4 Å². The van der Waals surface area contributed by atoms with E-state index in [0.29, 0.717) is 12.8 Å². The van der Waals surface area contributed by atoms with Gasteiger partial charge in [-0.2, -0.15) is 8.42 Å². The topological polar surface area (TPSA) is 74.6 Å². The van der Waals surface area contributed by atoms with Crippen molar-refractivity contribution < 1.29 is 18.1 Å². The minimum absolute atomic E-state index is 0.364. The lowest BCUT2D eigenvalue weighted by molar-refractivity contribution is 0.146. The van der Waals surface area contributed by atoms with Crippen LogP contribution in [0.25, 0.3) is 0 Å². The molecule has 0 radical (unpaired) electrons. The van der Waals surface area contributed by atoms with Crippen LogP contribution in [-0.2, 0) is 10.1 Å². The van der Waals surface area contributed by atoms with Crippen molar-refractivity contribution >= 4 is 10.1 Å². The highest BCUT2D eigenvalue weighted by Crippen LogP contribution is 2.19. The van der Waals surface area contributed by atoms with Crippen molar-refractivity contribution in [1.29, 1.82) is 0 Å². The summed E-state index contributed by atoms with van der Waals surface area (Å²) < 4.78 is 32.3. The van der Waals surface area contributed by atoms with Gasteiger partial charge in [0, 0.05) is 0 Å². The summed E-state index contributed by atoms with van der Waals surface area (Å²) in [6.45, 7) is 4.29. The molecule has 0 aromatic carbocycles. The van der Waals surface area contributed by atoms with Crippen LogP contribution in [0.4, 0.5) is 0 Å². The zero-order valence-corrected chi connectivity index (χ0v) is 16.7. The summed E-state index contributed by atoms with van der Waals surface area (Å²) in [5.41, 5.74) is 0. The Morgan fingerprint density at radius 2 is 1.04 bits per heavy atom. The van der Waals surface area contributed by atoms with Crippen molar-refractivity contribution in [2.24, 2.45) is 0 Å². The van der Waals surface area contributed by atoms with E-state index in [1.54, 1.807) is 0 Å². The summed E-state index contributed by atoms with van der Waals surface area (Å²) in [4.78, 5) is 0. The molecule has 0 aromatic rings. The van der Waals surface area contributed by atoms with Crippen LogP contribution in [0.1, 0.15) is 110 Å². The van der Waals surface area contributed by atoms with Crippen molar-refractivity contribution in [1.82, 2.24) is 0 Å². The fourth-order valence-corrected chi connectivity index (χ4v) is 4.16. The van der Waals surface area contributed by atoms with Crippen molar-refractivity contribution in [3.05, 3.63) is 0 Å². The van der Waals surface area contributed by atoms with E-state index in [1.807, 2.05) is 0 Å². The first-order valence-corrected chi connectivity index (χ1v) is 11.6. The van der Waals surface area contributed by atoms with Gasteiger partial charge in [0.2, 0.25) is 0 Å². The molecule has 0 saturated heterocycles. The summed E-state index contributed by atoms with van der Waals surface area (Å²) in [6, 6.07) is 0. The van der Waals surface area contributed by atoms with E-state index in [9.17, 15) is 18.1 Å². The number of aliphatic hydroxyl groups is 1. The van der Waals surface area contributed by atoms with Gasteiger partial charge in [-0.25, -0.2) is 0 Å². The van der Waals surface area contributed by atoms with E-state index in [2.05, 4.69) is 13.8 Å². The van der Waals surface area contributed by atoms with Crippen molar-refractivity contribution in [2.75, 3.05) is 0 Å². The Morgan fingerprint density at radius 3 is 1.50 bits per heavy atom. The van der Waals surface area contributed by atoms with E-state index >= 15 is 0 Å². The molecule has 0 aliphatic rings. The number of aliphatic hydroxyl groups excluding tert-OH is 1. The van der Waals surface area contributed by atoms with Crippen LogP contribution < -0.4 is 0 Å². The molecule has 24 heavy (non-hydrogen) atoms. The zero-order valence-electron chi connectivity index (χ0n) is 15.9. The molecular weight excluding hydrogens is 324 g/mol. The summed E-state index contributed by atoms with van der Waals surface area (Å²) in [6.07, 6.45) is 14.5. The summed E-state index contributed by atoms with van der Waals surface area (Å²) in [5, 5.41) is 9.06. The van der Waals surface area contributed by atoms with Crippen LogP contribution in [0.2, 0.25) is 0 Å². The first kappa shape index (κ1) is 23.9. The number of unbranched alkanes of at least 4 members (excludes halogenated alkanes) is 11. The molecule has 5 heteroatoms. The van der Waals surface area contributed by atoms with Crippen molar-refractivity contribution in [2.45, 2.75) is 122 Å². The Bertz CT molecular complexity index is 368. The van der Waals surface area contributed by atoms with Gasteiger partial charge in [0.15, 0.2) is 0 Å². The smallest absolute Gasteiger partial charge is 0.270 e. The van der Waals surface area contributed by atoms with Gasteiger partial charge in [-0.05, 0) is 12.8 Å². The maximum absolute atomic E-state index is 11.5. The average molecular weight is 365 g/mol. The highest BCUT2D eigenvalue weighted by molar-refractivity contribution is 7.86. The quantitative estimate of drug-likeness (QED) is 0.264. The van der Waals surface area contributed by atoms with E-state index < -0.39 is 21.5 Å². The lowest BCUT2D eigenvalue weighted by Crippen LogP contribution is -2.33. The molecule has 146 valence electrons. The molecule has 2 unspecified atom stereocenters. The molecule has 0 rings (SSSR count). The van der Waals surface area contributed by atoms with Crippen molar-refractivity contribution in [3.63, 3.8) is 0 Å². The molecule has 0 fully saturated rings. The maximum atomic E-state index is 11.5. The molecule has 0 aliphatic heterocycles. The molecule has 2 N–H and O–H groups in total. The molecule has 0 spiro atoms. The average Bonchev–Trinajstić information content (AvgIpc) is 2.51. The van der Waals surface area contributed by atoms with Gasteiger partial charge in [-0.15, -0.1) is 0 Å². The summed E-state index contributed by atoms with van der Waals surface area (Å²) >= 11 is 0. The molecule has 0 aromatic heterocycles. The first-order valence-electron chi connectivity index (χ1n) is 10.1. The third kappa shape index (κ3) is 13.2. The highest BCUT2D eigenvalue weighted by atomic mass is 32.2. The fourth-order valence-electron chi connectivity index (χ4n) is 3.16. The van der Waals surface area contributed by atoms with Gasteiger partial charge in [0.05, 0.1) is 6.10 Å². The van der Waals surface area contributed by atoms with Crippen LogP contribution in [0.3, 0.4) is 0 Å². The first-order chi connectivity index (χ1) is 11.4. The summed E-state index contributed by atoms with van der Waals surface area (Å²) in [5.74, 6) is 0. The van der Waals surface area contributed by atoms with Gasteiger partial charge >= 0.3 is 0 Å². The predicted octanol–water partition coefficient (Wildman–Crippen LogP) is 5.50. The third-order valence-corrected chi connectivity index (χ3v) is 6.07. The fraction of sp³-hybridized carbons (Fsp3) is 1.00. The standard InChI is InChI=1S/C19H40O4S/c1-3-5-7-8-9-10-11-12-13-15-17-19(24(21,22)23)18(20)16-14-6-4-2/h18-20H,3-17H2,1-2H3,(H,21,22,23). The second-order valence-electron chi connectivity index (χ2n) is 7.09.